The number of benzene rings is 1. The summed E-state index contributed by atoms with van der Waals surface area (Å²) in [7, 11) is 1.19. The van der Waals surface area contributed by atoms with E-state index < -0.39 is 30.2 Å². The minimum absolute atomic E-state index is 0.271. The lowest BCUT2D eigenvalue weighted by Gasteiger charge is -2.11. The van der Waals surface area contributed by atoms with Crippen LogP contribution in [0.5, 0.6) is 0 Å². The summed E-state index contributed by atoms with van der Waals surface area (Å²) < 4.78 is 5.24. The Morgan fingerprint density at radius 3 is 2.52 bits per heavy atom. The van der Waals surface area contributed by atoms with Crippen molar-refractivity contribution in [3.8, 4) is 0 Å². The number of fused-ring (bicyclic) bond motifs is 1. The Bertz CT molecular complexity index is 792. The minimum Gasteiger partial charge on any atom is -0.464 e. The van der Waals surface area contributed by atoms with Crippen molar-refractivity contribution in [2.45, 2.75) is 0 Å². The van der Waals surface area contributed by atoms with Crippen molar-refractivity contribution < 1.29 is 23.6 Å². The van der Waals surface area contributed by atoms with Crippen molar-refractivity contribution in [1.29, 1.82) is 0 Å². The highest BCUT2D eigenvalue weighted by Crippen LogP contribution is 2.22. The highest BCUT2D eigenvalue weighted by molar-refractivity contribution is 6.45. The summed E-state index contributed by atoms with van der Waals surface area (Å²) in [6.45, 7) is -0.489. The second kappa shape index (κ2) is 4.55. The number of Topliss-reactive ketones (excluding diaryl/α,β-unsaturated/α-hetero) is 1. The van der Waals surface area contributed by atoms with E-state index in [0.717, 1.165) is 0 Å². The fourth-order valence-electron chi connectivity index (χ4n) is 2.18. The molecule has 0 N–H and O–H groups in total. The maximum Gasteiger partial charge on any atom is 0.334 e. The van der Waals surface area contributed by atoms with Gasteiger partial charge in [-0.25, -0.2) is 9.69 Å². The SMILES string of the molecule is CN1C(=O)C(=O)N(CC(=O)c2coc3ccccc23)C1=O. The van der Waals surface area contributed by atoms with Crippen LogP contribution in [0.3, 0.4) is 0 Å². The summed E-state index contributed by atoms with van der Waals surface area (Å²) in [4.78, 5) is 48.3. The number of urea groups is 1. The number of hydrogen-bond donors (Lipinski definition) is 0. The van der Waals surface area contributed by atoms with Crippen LogP contribution < -0.4 is 0 Å². The van der Waals surface area contributed by atoms with Gasteiger partial charge in [0.15, 0.2) is 5.78 Å². The second-order valence-electron chi connectivity index (χ2n) is 4.61. The van der Waals surface area contributed by atoms with Crippen molar-refractivity contribution in [2.75, 3.05) is 13.6 Å². The predicted molar refractivity (Wildman–Crippen MR) is 70.4 cm³/mol. The maximum absolute atomic E-state index is 12.2. The van der Waals surface area contributed by atoms with E-state index >= 15 is 0 Å². The van der Waals surface area contributed by atoms with Gasteiger partial charge in [0.1, 0.15) is 11.8 Å². The first-order valence-electron chi connectivity index (χ1n) is 6.13. The molecule has 2 aromatic rings. The van der Waals surface area contributed by atoms with Crippen LogP contribution in [0.15, 0.2) is 34.9 Å². The monoisotopic (exact) mass is 286 g/mol. The number of nitrogens with zero attached hydrogens (tertiary/aromatic N) is 2. The molecule has 0 spiro atoms. The first kappa shape index (κ1) is 13.0. The zero-order valence-corrected chi connectivity index (χ0v) is 11.0. The molecule has 2 heterocycles. The van der Waals surface area contributed by atoms with Crippen LogP contribution in [0.25, 0.3) is 11.0 Å². The average Bonchev–Trinajstić information content (AvgIpc) is 2.99. The topological polar surface area (TPSA) is 87.9 Å². The Morgan fingerprint density at radius 2 is 1.86 bits per heavy atom. The van der Waals surface area contributed by atoms with Crippen LogP contribution in [0.4, 0.5) is 4.79 Å². The van der Waals surface area contributed by atoms with E-state index in [0.29, 0.717) is 20.8 Å². The van der Waals surface area contributed by atoms with Crippen molar-refractivity contribution in [3.05, 3.63) is 36.1 Å². The van der Waals surface area contributed by atoms with E-state index in [-0.39, 0.29) is 5.56 Å². The lowest BCUT2D eigenvalue weighted by atomic mass is 10.1. The molecule has 3 rings (SSSR count). The highest BCUT2D eigenvalue weighted by Gasteiger charge is 2.43. The molecule has 0 aliphatic carbocycles. The van der Waals surface area contributed by atoms with Gasteiger partial charge >= 0.3 is 17.8 Å². The summed E-state index contributed by atoms with van der Waals surface area (Å²) >= 11 is 0. The van der Waals surface area contributed by atoms with Crippen LogP contribution in [-0.4, -0.2) is 47.0 Å². The number of rotatable bonds is 3. The molecule has 4 amide bonds. The van der Waals surface area contributed by atoms with E-state index in [4.69, 9.17) is 4.42 Å². The number of furan rings is 1. The highest BCUT2D eigenvalue weighted by atomic mass is 16.3. The third-order valence-corrected chi connectivity index (χ3v) is 3.33. The molecule has 0 bridgehead atoms. The summed E-state index contributed by atoms with van der Waals surface area (Å²) in [5, 5.41) is 0.598. The predicted octanol–water partition coefficient (Wildman–Crippen LogP) is 1.04. The number of amides is 4. The van der Waals surface area contributed by atoms with Crippen LogP contribution in [-0.2, 0) is 9.59 Å². The Kier molecular flexibility index (Phi) is 2.83. The molecule has 0 unspecified atom stereocenters. The van der Waals surface area contributed by atoms with Gasteiger partial charge in [0, 0.05) is 12.4 Å². The zero-order chi connectivity index (χ0) is 15.1. The van der Waals surface area contributed by atoms with E-state index in [9.17, 15) is 19.2 Å². The van der Waals surface area contributed by atoms with E-state index in [1.807, 2.05) is 0 Å². The Labute approximate surface area is 118 Å². The smallest absolute Gasteiger partial charge is 0.334 e. The van der Waals surface area contributed by atoms with Crippen LogP contribution >= 0.6 is 0 Å². The molecule has 0 saturated carbocycles. The minimum atomic E-state index is -0.997. The number of carbonyl (C=O) groups is 4. The molecule has 0 atom stereocenters. The van der Waals surface area contributed by atoms with Crippen molar-refractivity contribution in [2.24, 2.45) is 0 Å². The largest absolute Gasteiger partial charge is 0.464 e. The molecule has 1 aromatic carbocycles. The Hall–Kier alpha value is -2.96. The van der Waals surface area contributed by atoms with E-state index in [2.05, 4.69) is 0 Å². The summed E-state index contributed by atoms with van der Waals surface area (Å²) in [6.07, 6.45) is 1.28. The van der Waals surface area contributed by atoms with Gasteiger partial charge < -0.3 is 4.42 Å². The molecule has 1 fully saturated rings. The summed E-state index contributed by atoms with van der Waals surface area (Å²) in [6, 6.07) is 6.12. The third kappa shape index (κ3) is 1.90. The lowest BCUT2D eigenvalue weighted by molar-refractivity contribution is -0.142. The van der Waals surface area contributed by atoms with Gasteiger partial charge in [0.2, 0.25) is 0 Å². The van der Waals surface area contributed by atoms with Crippen LogP contribution in [0.2, 0.25) is 0 Å². The molecule has 21 heavy (non-hydrogen) atoms. The number of carbonyl (C=O) groups excluding carboxylic acids is 4. The van der Waals surface area contributed by atoms with Gasteiger partial charge in [0.05, 0.1) is 12.1 Å². The Balaban J connectivity index is 1.89. The van der Waals surface area contributed by atoms with E-state index in [1.165, 1.54) is 13.3 Å². The lowest BCUT2D eigenvalue weighted by Crippen LogP contribution is -2.36. The number of likely N-dealkylation sites (N-methyl/N-ethyl adjacent to an activating group) is 1. The van der Waals surface area contributed by atoms with Gasteiger partial charge in [-0.2, -0.15) is 0 Å². The van der Waals surface area contributed by atoms with Crippen molar-refractivity contribution in [3.63, 3.8) is 0 Å². The molecule has 7 heteroatoms. The molecule has 0 radical (unpaired) electrons. The fraction of sp³-hybridized carbons (Fsp3) is 0.143. The molecular weight excluding hydrogens is 276 g/mol. The van der Waals surface area contributed by atoms with Gasteiger partial charge in [0.25, 0.3) is 0 Å². The summed E-state index contributed by atoms with van der Waals surface area (Å²) in [5.74, 6) is -2.40. The molecule has 1 aliphatic heterocycles. The number of hydrogen-bond acceptors (Lipinski definition) is 5. The molecule has 1 aliphatic rings. The molecule has 7 nitrogen and oxygen atoms in total. The Morgan fingerprint density at radius 1 is 1.14 bits per heavy atom. The van der Waals surface area contributed by atoms with Gasteiger partial charge in [-0.1, -0.05) is 18.2 Å². The number of para-hydroxylation sites is 1. The van der Waals surface area contributed by atoms with Gasteiger partial charge in [-0.3, -0.25) is 19.3 Å². The van der Waals surface area contributed by atoms with Crippen LogP contribution in [0, 0.1) is 0 Å². The first-order valence-corrected chi connectivity index (χ1v) is 6.13. The quantitative estimate of drug-likeness (QED) is 0.478. The fourth-order valence-corrected chi connectivity index (χ4v) is 2.18. The molecular formula is C14H10N2O5. The molecule has 106 valence electrons. The summed E-state index contributed by atoms with van der Waals surface area (Å²) in [5.41, 5.74) is 0.807. The third-order valence-electron chi connectivity index (χ3n) is 3.33. The maximum atomic E-state index is 12.2. The number of imide groups is 2. The zero-order valence-electron chi connectivity index (χ0n) is 11.0. The average molecular weight is 286 g/mol. The normalized spacial score (nSPS) is 15.4. The van der Waals surface area contributed by atoms with Crippen molar-refractivity contribution in [1.82, 2.24) is 9.80 Å². The molecule has 1 saturated heterocycles. The van der Waals surface area contributed by atoms with E-state index in [1.54, 1.807) is 24.3 Å². The molecule has 1 aromatic heterocycles. The first-order chi connectivity index (χ1) is 10.0. The second-order valence-corrected chi connectivity index (χ2v) is 4.61. The standard InChI is InChI=1S/C14H10N2O5/c1-15-12(18)13(19)16(14(15)20)6-10(17)9-7-21-11-5-3-2-4-8(9)11/h2-5,7H,6H2,1H3. The van der Waals surface area contributed by atoms with Crippen molar-refractivity contribution >= 4 is 34.6 Å². The number of ketones is 1. The van der Waals surface area contributed by atoms with Gasteiger partial charge in [-0.15, -0.1) is 0 Å². The van der Waals surface area contributed by atoms with Gasteiger partial charge in [-0.05, 0) is 6.07 Å². The van der Waals surface area contributed by atoms with Crippen LogP contribution in [0.1, 0.15) is 10.4 Å².